The average Bonchev–Trinajstić information content (AvgIpc) is 2.77. The van der Waals surface area contributed by atoms with Crippen LogP contribution in [0.5, 0.6) is 0 Å². The van der Waals surface area contributed by atoms with Gasteiger partial charge in [0.05, 0.1) is 10.6 Å². The van der Waals surface area contributed by atoms with E-state index < -0.39 is 24.2 Å². The summed E-state index contributed by atoms with van der Waals surface area (Å²) in [4.78, 5) is 12.3. The monoisotopic (exact) mass is 320 g/mol. The Hall–Kier alpha value is -1.60. The maximum atomic E-state index is 13.1. The molecule has 1 aliphatic heterocycles. The fourth-order valence-corrected chi connectivity index (χ4v) is 2.21. The number of carbonyl (C=O) groups is 1. The SMILES string of the molecule is CCC1=NN(C(=O)c2ccccc2Cl)C(O)(C(F)(F)F)C1. The molecule has 1 aromatic carbocycles. The van der Waals surface area contributed by atoms with E-state index >= 15 is 0 Å². The quantitative estimate of drug-likeness (QED) is 0.909. The highest BCUT2D eigenvalue weighted by Gasteiger charge is 2.63. The molecular weight excluding hydrogens is 309 g/mol. The van der Waals surface area contributed by atoms with Crippen LogP contribution in [0.3, 0.4) is 0 Å². The summed E-state index contributed by atoms with van der Waals surface area (Å²) in [6.45, 7) is 1.60. The molecule has 0 aliphatic carbocycles. The van der Waals surface area contributed by atoms with E-state index in [1.54, 1.807) is 13.0 Å². The van der Waals surface area contributed by atoms with Crippen LogP contribution in [0.2, 0.25) is 5.02 Å². The van der Waals surface area contributed by atoms with Crippen molar-refractivity contribution in [2.45, 2.75) is 31.7 Å². The van der Waals surface area contributed by atoms with Crippen LogP contribution in [0, 0.1) is 0 Å². The summed E-state index contributed by atoms with van der Waals surface area (Å²) in [5, 5.41) is 13.6. The van der Waals surface area contributed by atoms with Crippen molar-refractivity contribution >= 4 is 23.2 Å². The number of nitrogens with zero attached hydrogens (tertiary/aromatic N) is 2. The lowest BCUT2D eigenvalue weighted by Gasteiger charge is -2.32. The van der Waals surface area contributed by atoms with E-state index in [2.05, 4.69) is 5.10 Å². The minimum Gasteiger partial charge on any atom is -0.362 e. The van der Waals surface area contributed by atoms with Crippen molar-refractivity contribution in [1.29, 1.82) is 0 Å². The third-order valence-electron chi connectivity index (χ3n) is 3.20. The van der Waals surface area contributed by atoms with Gasteiger partial charge in [-0.25, -0.2) is 0 Å². The first-order valence-corrected chi connectivity index (χ1v) is 6.53. The number of rotatable bonds is 2. The first-order valence-electron chi connectivity index (χ1n) is 6.15. The summed E-state index contributed by atoms with van der Waals surface area (Å²) in [5.74, 6) is -1.09. The van der Waals surface area contributed by atoms with Gasteiger partial charge in [0.2, 0.25) is 0 Å². The number of carbonyl (C=O) groups excluding carboxylic acids is 1. The lowest BCUT2D eigenvalue weighted by Crippen LogP contribution is -2.56. The van der Waals surface area contributed by atoms with Crippen LogP contribution >= 0.6 is 11.6 Å². The van der Waals surface area contributed by atoms with E-state index in [-0.39, 0.29) is 27.7 Å². The third-order valence-corrected chi connectivity index (χ3v) is 3.53. The standard InChI is InChI=1S/C13H12ClF3N2O2/c1-2-8-7-12(21,13(15,16)17)19(18-8)11(20)9-5-3-4-6-10(9)14/h3-6,21H,2,7H2,1H3. The zero-order valence-corrected chi connectivity index (χ0v) is 11.7. The van der Waals surface area contributed by atoms with Crippen molar-refractivity contribution in [2.75, 3.05) is 0 Å². The number of hydrazone groups is 1. The number of alkyl halides is 3. The number of hydrogen-bond acceptors (Lipinski definition) is 3. The lowest BCUT2D eigenvalue weighted by molar-refractivity contribution is -0.297. The molecular formula is C13H12ClF3N2O2. The first kappa shape index (κ1) is 15.8. The second kappa shape index (κ2) is 5.31. The van der Waals surface area contributed by atoms with Gasteiger partial charge in [0.15, 0.2) is 0 Å². The Bertz CT molecular complexity index is 603. The Morgan fingerprint density at radius 3 is 2.62 bits per heavy atom. The fraction of sp³-hybridized carbons (Fsp3) is 0.385. The maximum Gasteiger partial charge on any atom is 0.438 e. The van der Waals surface area contributed by atoms with Crippen LogP contribution in [-0.4, -0.2) is 33.6 Å². The van der Waals surface area contributed by atoms with Gasteiger partial charge >= 0.3 is 6.18 Å². The van der Waals surface area contributed by atoms with E-state index in [0.29, 0.717) is 0 Å². The Balaban J connectivity index is 2.46. The minimum atomic E-state index is -5.02. The van der Waals surface area contributed by atoms with Crippen LogP contribution < -0.4 is 0 Å². The highest BCUT2D eigenvalue weighted by molar-refractivity contribution is 6.33. The predicted octanol–water partition coefficient (Wildman–Crippen LogP) is 3.20. The van der Waals surface area contributed by atoms with Crippen LogP contribution in [-0.2, 0) is 0 Å². The Kier molecular flexibility index (Phi) is 3.99. The normalized spacial score (nSPS) is 22.4. The van der Waals surface area contributed by atoms with Crippen LogP contribution in [0.25, 0.3) is 0 Å². The average molecular weight is 321 g/mol. The fourth-order valence-electron chi connectivity index (χ4n) is 2.00. The third kappa shape index (κ3) is 2.63. The molecule has 2 rings (SSSR count). The van der Waals surface area contributed by atoms with E-state index in [1.807, 2.05) is 0 Å². The van der Waals surface area contributed by atoms with E-state index in [4.69, 9.17) is 11.6 Å². The minimum absolute atomic E-state index is 0.00725. The molecule has 1 aliphatic rings. The van der Waals surface area contributed by atoms with Crippen LogP contribution in [0.4, 0.5) is 13.2 Å². The number of aliphatic hydroxyl groups is 1. The predicted molar refractivity (Wildman–Crippen MR) is 71.0 cm³/mol. The highest BCUT2D eigenvalue weighted by Crippen LogP contribution is 2.41. The number of amides is 1. The largest absolute Gasteiger partial charge is 0.438 e. The van der Waals surface area contributed by atoms with Gasteiger partial charge in [0.25, 0.3) is 11.6 Å². The summed E-state index contributed by atoms with van der Waals surface area (Å²) in [7, 11) is 0. The van der Waals surface area contributed by atoms with Crippen molar-refractivity contribution in [3.63, 3.8) is 0 Å². The molecule has 0 spiro atoms. The van der Waals surface area contributed by atoms with Crippen molar-refractivity contribution in [1.82, 2.24) is 5.01 Å². The molecule has 1 heterocycles. The molecule has 0 aromatic heterocycles. The molecule has 4 nitrogen and oxygen atoms in total. The molecule has 21 heavy (non-hydrogen) atoms. The number of hydrogen-bond donors (Lipinski definition) is 1. The van der Waals surface area contributed by atoms with E-state index in [0.717, 1.165) is 0 Å². The Labute approximate surface area is 123 Å². The van der Waals surface area contributed by atoms with Crippen molar-refractivity contribution < 1.29 is 23.1 Å². The van der Waals surface area contributed by atoms with E-state index in [1.165, 1.54) is 18.2 Å². The zero-order valence-electron chi connectivity index (χ0n) is 11.0. The smallest absolute Gasteiger partial charge is 0.362 e. The second-order valence-electron chi connectivity index (χ2n) is 4.61. The van der Waals surface area contributed by atoms with Gasteiger partial charge in [-0.3, -0.25) is 4.79 Å². The van der Waals surface area contributed by atoms with Crippen LogP contribution in [0.1, 0.15) is 30.1 Å². The Morgan fingerprint density at radius 1 is 1.48 bits per heavy atom. The molecule has 1 N–H and O–H groups in total. The van der Waals surface area contributed by atoms with E-state index in [9.17, 15) is 23.1 Å². The molecule has 0 saturated carbocycles. The van der Waals surface area contributed by atoms with Crippen molar-refractivity contribution in [2.24, 2.45) is 5.10 Å². The lowest BCUT2D eigenvalue weighted by atomic mass is 10.0. The molecule has 0 fully saturated rings. The highest BCUT2D eigenvalue weighted by atomic mass is 35.5. The summed E-state index contributed by atoms with van der Waals surface area (Å²) in [6.07, 6.45) is -5.59. The van der Waals surface area contributed by atoms with Crippen LogP contribution in [0.15, 0.2) is 29.4 Å². The molecule has 1 amide bonds. The summed E-state index contributed by atoms with van der Waals surface area (Å²) < 4.78 is 39.4. The van der Waals surface area contributed by atoms with Crippen molar-refractivity contribution in [3.8, 4) is 0 Å². The van der Waals surface area contributed by atoms with Gasteiger partial charge in [-0.2, -0.15) is 23.3 Å². The van der Waals surface area contributed by atoms with Gasteiger partial charge in [-0.05, 0) is 18.6 Å². The molecule has 114 valence electrons. The Morgan fingerprint density at radius 2 is 2.10 bits per heavy atom. The summed E-state index contributed by atoms with van der Waals surface area (Å²) in [6, 6.07) is 5.66. The maximum absolute atomic E-state index is 13.1. The molecule has 1 aromatic rings. The second-order valence-corrected chi connectivity index (χ2v) is 5.01. The van der Waals surface area contributed by atoms with Gasteiger partial charge < -0.3 is 5.11 Å². The van der Waals surface area contributed by atoms with Crippen molar-refractivity contribution in [3.05, 3.63) is 34.9 Å². The molecule has 1 unspecified atom stereocenters. The molecule has 0 bridgehead atoms. The van der Waals surface area contributed by atoms with Gasteiger partial charge in [0, 0.05) is 12.1 Å². The zero-order chi connectivity index (χ0) is 15.8. The molecule has 0 saturated heterocycles. The summed E-state index contributed by atoms with van der Waals surface area (Å²) >= 11 is 5.82. The molecule has 8 heteroatoms. The molecule has 0 radical (unpaired) electrons. The topological polar surface area (TPSA) is 52.9 Å². The van der Waals surface area contributed by atoms with Gasteiger partial charge in [-0.15, -0.1) is 0 Å². The molecule has 1 atom stereocenters. The first-order chi connectivity index (χ1) is 9.70. The van der Waals surface area contributed by atoms with Gasteiger partial charge in [-0.1, -0.05) is 30.7 Å². The van der Waals surface area contributed by atoms with Gasteiger partial charge in [0.1, 0.15) is 0 Å². The summed E-state index contributed by atoms with van der Waals surface area (Å²) in [5.41, 5.74) is -3.40. The number of halogens is 4. The number of benzene rings is 1.